The third-order valence-electron chi connectivity index (χ3n) is 4.93. The van der Waals surface area contributed by atoms with E-state index in [0.717, 1.165) is 30.6 Å². The van der Waals surface area contributed by atoms with Crippen LogP contribution in [0.3, 0.4) is 0 Å². The first-order chi connectivity index (χ1) is 10.1. The van der Waals surface area contributed by atoms with Gasteiger partial charge in [-0.1, -0.05) is 23.8 Å². The zero-order chi connectivity index (χ0) is 15.0. The highest BCUT2D eigenvalue weighted by Crippen LogP contribution is 2.33. The van der Waals surface area contributed by atoms with Gasteiger partial charge in [0.1, 0.15) is 4.99 Å². The van der Waals surface area contributed by atoms with E-state index in [4.69, 9.17) is 29.6 Å². The minimum Gasteiger partial charge on any atom is -0.389 e. The molecule has 0 bridgehead atoms. The Balaban J connectivity index is 1.76. The number of hydrogen-bond acceptors (Lipinski definition) is 3. The van der Waals surface area contributed by atoms with Gasteiger partial charge in [0.2, 0.25) is 0 Å². The maximum atomic E-state index is 6.30. The van der Waals surface area contributed by atoms with E-state index < -0.39 is 0 Å². The summed E-state index contributed by atoms with van der Waals surface area (Å²) in [4.78, 5) is 5.35. The molecule has 2 fully saturated rings. The summed E-state index contributed by atoms with van der Waals surface area (Å²) < 4.78 is 0. The summed E-state index contributed by atoms with van der Waals surface area (Å²) in [5.41, 5.74) is 7.63. The standard InChI is InChI=1S/C16H22ClN3S/c1-19-7-2-3-11-10-20(8-6-15(11)19)12-4-5-13(16(18)21)14(17)9-12/h4-5,9,11,15H,2-3,6-8,10H2,1H3,(H2,18,21). The molecule has 0 spiro atoms. The highest BCUT2D eigenvalue weighted by Gasteiger charge is 2.34. The molecule has 2 saturated heterocycles. The maximum Gasteiger partial charge on any atom is 0.105 e. The van der Waals surface area contributed by atoms with Crippen LogP contribution in [0.2, 0.25) is 5.02 Å². The average molecular weight is 324 g/mol. The summed E-state index contributed by atoms with van der Waals surface area (Å²) in [7, 11) is 2.26. The molecule has 0 radical (unpaired) electrons. The van der Waals surface area contributed by atoms with Crippen LogP contribution in [0.15, 0.2) is 18.2 Å². The fourth-order valence-corrected chi connectivity index (χ4v) is 4.30. The van der Waals surface area contributed by atoms with Gasteiger partial charge in [-0.2, -0.15) is 0 Å². The van der Waals surface area contributed by atoms with Gasteiger partial charge in [-0.05, 0) is 57.0 Å². The van der Waals surface area contributed by atoms with Crippen molar-refractivity contribution in [1.82, 2.24) is 4.90 Å². The normalized spacial score (nSPS) is 26.5. The van der Waals surface area contributed by atoms with Crippen molar-refractivity contribution >= 4 is 34.5 Å². The summed E-state index contributed by atoms with van der Waals surface area (Å²) in [5.74, 6) is 0.770. The van der Waals surface area contributed by atoms with Gasteiger partial charge < -0.3 is 15.5 Å². The molecule has 2 aliphatic heterocycles. The van der Waals surface area contributed by atoms with Crippen LogP contribution in [-0.4, -0.2) is 42.6 Å². The van der Waals surface area contributed by atoms with E-state index in [1.165, 1.54) is 31.5 Å². The number of benzene rings is 1. The fraction of sp³-hybridized carbons (Fsp3) is 0.562. The number of thiocarbonyl (C=S) groups is 1. The molecule has 0 saturated carbocycles. The molecule has 0 aromatic heterocycles. The molecule has 1 aromatic carbocycles. The van der Waals surface area contributed by atoms with Crippen LogP contribution in [0.25, 0.3) is 0 Å². The summed E-state index contributed by atoms with van der Waals surface area (Å²) in [6.07, 6.45) is 3.88. The van der Waals surface area contributed by atoms with Crippen molar-refractivity contribution in [3.05, 3.63) is 28.8 Å². The second-order valence-electron chi connectivity index (χ2n) is 6.21. The Bertz CT molecular complexity index is 548. The molecule has 5 heteroatoms. The number of nitrogens with two attached hydrogens (primary N) is 1. The topological polar surface area (TPSA) is 32.5 Å². The van der Waals surface area contributed by atoms with E-state index in [0.29, 0.717) is 10.0 Å². The second kappa shape index (κ2) is 6.11. The van der Waals surface area contributed by atoms with Crippen LogP contribution in [0.5, 0.6) is 0 Å². The first-order valence-electron chi connectivity index (χ1n) is 7.61. The SMILES string of the molecule is CN1CCCC2CN(c3ccc(C(N)=S)c(Cl)c3)CCC21. The molecule has 114 valence electrons. The van der Waals surface area contributed by atoms with Crippen molar-refractivity contribution in [2.75, 3.05) is 31.6 Å². The van der Waals surface area contributed by atoms with Gasteiger partial charge >= 0.3 is 0 Å². The van der Waals surface area contributed by atoms with Crippen molar-refractivity contribution in [2.45, 2.75) is 25.3 Å². The molecule has 3 nitrogen and oxygen atoms in total. The van der Waals surface area contributed by atoms with E-state index in [-0.39, 0.29) is 0 Å². The van der Waals surface area contributed by atoms with Crippen LogP contribution in [0, 0.1) is 5.92 Å². The third kappa shape index (κ3) is 3.03. The molecule has 2 N–H and O–H groups in total. The molecule has 2 atom stereocenters. The predicted octanol–water partition coefficient (Wildman–Crippen LogP) is 2.89. The number of hydrogen-bond donors (Lipinski definition) is 1. The van der Waals surface area contributed by atoms with Gasteiger partial charge in [-0.15, -0.1) is 0 Å². The number of likely N-dealkylation sites (tertiary alicyclic amines) is 1. The first-order valence-corrected chi connectivity index (χ1v) is 8.39. The number of rotatable bonds is 2. The largest absolute Gasteiger partial charge is 0.389 e. The Morgan fingerprint density at radius 2 is 2.14 bits per heavy atom. The number of fused-ring (bicyclic) bond motifs is 1. The molecular weight excluding hydrogens is 302 g/mol. The molecule has 3 rings (SSSR count). The summed E-state index contributed by atoms with van der Waals surface area (Å²) in [6, 6.07) is 6.79. The Morgan fingerprint density at radius 3 is 2.86 bits per heavy atom. The lowest BCUT2D eigenvalue weighted by atomic mass is 9.84. The van der Waals surface area contributed by atoms with E-state index in [1.54, 1.807) is 0 Å². The molecule has 2 unspecified atom stereocenters. The number of anilines is 1. The molecule has 0 amide bonds. The molecule has 21 heavy (non-hydrogen) atoms. The monoisotopic (exact) mass is 323 g/mol. The van der Waals surface area contributed by atoms with E-state index >= 15 is 0 Å². The highest BCUT2D eigenvalue weighted by molar-refractivity contribution is 7.80. The van der Waals surface area contributed by atoms with Gasteiger partial charge in [-0.3, -0.25) is 0 Å². The van der Waals surface area contributed by atoms with E-state index in [2.05, 4.69) is 22.9 Å². The van der Waals surface area contributed by atoms with Crippen molar-refractivity contribution in [3.8, 4) is 0 Å². The first kappa shape index (κ1) is 15.1. The Hall–Kier alpha value is -0.840. The second-order valence-corrected chi connectivity index (χ2v) is 7.06. The Labute approximate surface area is 137 Å². The number of halogens is 1. The van der Waals surface area contributed by atoms with Crippen molar-refractivity contribution in [2.24, 2.45) is 11.7 Å². The van der Waals surface area contributed by atoms with Gasteiger partial charge in [0, 0.05) is 30.4 Å². The van der Waals surface area contributed by atoms with Gasteiger partial charge in [0.15, 0.2) is 0 Å². The molecule has 1 aromatic rings. The van der Waals surface area contributed by atoms with Crippen LogP contribution in [0.1, 0.15) is 24.8 Å². The lowest BCUT2D eigenvalue weighted by Gasteiger charge is -2.46. The van der Waals surface area contributed by atoms with Crippen molar-refractivity contribution in [3.63, 3.8) is 0 Å². The fourth-order valence-electron chi connectivity index (χ4n) is 3.79. The van der Waals surface area contributed by atoms with Gasteiger partial charge in [-0.25, -0.2) is 0 Å². The van der Waals surface area contributed by atoms with Crippen LogP contribution in [-0.2, 0) is 0 Å². The van der Waals surface area contributed by atoms with E-state index in [9.17, 15) is 0 Å². The van der Waals surface area contributed by atoms with Gasteiger partial charge in [0.05, 0.1) is 5.02 Å². The minimum atomic E-state index is 0.360. The zero-order valence-corrected chi connectivity index (χ0v) is 14.0. The maximum absolute atomic E-state index is 6.30. The Morgan fingerprint density at radius 1 is 1.33 bits per heavy atom. The molecular formula is C16H22ClN3S. The molecule has 2 aliphatic rings. The van der Waals surface area contributed by atoms with Crippen LogP contribution < -0.4 is 10.6 Å². The van der Waals surface area contributed by atoms with Crippen LogP contribution in [0.4, 0.5) is 5.69 Å². The highest BCUT2D eigenvalue weighted by atomic mass is 35.5. The summed E-state index contributed by atoms with van der Waals surface area (Å²) >= 11 is 11.3. The minimum absolute atomic E-state index is 0.360. The summed E-state index contributed by atoms with van der Waals surface area (Å²) in [6.45, 7) is 3.46. The lowest BCUT2D eigenvalue weighted by molar-refractivity contribution is 0.102. The number of piperidine rings is 2. The summed E-state index contributed by atoms with van der Waals surface area (Å²) in [5, 5.41) is 0.655. The zero-order valence-electron chi connectivity index (χ0n) is 12.4. The predicted molar refractivity (Wildman–Crippen MR) is 93.3 cm³/mol. The van der Waals surface area contributed by atoms with Gasteiger partial charge in [0.25, 0.3) is 0 Å². The van der Waals surface area contributed by atoms with Crippen LogP contribution >= 0.6 is 23.8 Å². The number of nitrogens with zero attached hydrogens (tertiary/aromatic N) is 2. The Kier molecular flexibility index (Phi) is 4.38. The smallest absolute Gasteiger partial charge is 0.105 e. The quantitative estimate of drug-likeness (QED) is 0.848. The van der Waals surface area contributed by atoms with E-state index in [1.807, 2.05) is 12.1 Å². The molecule has 2 heterocycles. The average Bonchev–Trinajstić information content (AvgIpc) is 2.46. The molecule has 0 aliphatic carbocycles. The van der Waals surface area contributed by atoms with Crippen molar-refractivity contribution in [1.29, 1.82) is 0 Å². The van der Waals surface area contributed by atoms with Crippen molar-refractivity contribution < 1.29 is 0 Å². The lowest BCUT2D eigenvalue weighted by Crippen LogP contribution is -2.52. The third-order valence-corrected chi connectivity index (χ3v) is 5.46.